The van der Waals surface area contributed by atoms with Crippen molar-refractivity contribution in [2.75, 3.05) is 12.3 Å². The van der Waals surface area contributed by atoms with E-state index in [-0.39, 0.29) is 5.91 Å². The van der Waals surface area contributed by atoms with Crippen molar-refractivity contribution in [3.05, 3.63) is 22.6 Å². The zero-order valence-electron chi connectivity index (χ0n) is 9.91. The lowest BCUT2D eigenvalue weighted by Crippen LogP contribution is -2.22. The van der Waals surface area contributed by atoms with Crippen molar-refractivity contribution in [1.82, 2.24) is 5.32 Å². The molecule has 0 radical (unpaired) electrons. The molecule has 0 aromatic carbocycles. The summed E-state index contributed by atoms with van der Waals surface area (Å²) in [5.41, 5.74) is 0.791. The van der Waals surface area contributed by atoms with Gasteiger partial charge in [-0.05, 0) is 29.9 Å². The van der Waals surface area contributed by atoms with Crippen LogP contribution in [-0.2, 0) is 14.4 Å². The number of carbonyl (C=O) groups is 3. The van der Waals surface area contributed by atoms with E-state index in [2.05, 4.69) is 5.32 Å². The summed E-state index contributed by atoms with van der Waals surface area (Å²) in [4.78, 5) is 34.1. The Morgan fingerprint density at radius 2 is 2.06 bits per heavy atom. The summed E-state index contributed by atoms with van der Waals surface area (Å²) < 4.78 is 0. The van der Waals surface area contributed by atoms with Gasteiger partial charge in [0.25, 0.3) is 0 Å². The normalized spacial score (nSPS) is 15.4. The predicted octanol–water partition coefficient (Wildman–Crippen LogP) is 1.23. The Morgan fingerprint density at radius 1 is 1.35 bits per heavy atom. The minimum atomic E-state index is -0.471. The van der Waals surface area contributed by atoms with Crippen molar-refractivity contribution >= 4 is 29.2 Å². The molecular weight excluding hydrogens is 238 g/mol. The molecule has 1 rings (SSSR count). The van der Waals surface area contributed by atoms with Crippen LogP contribution in [0.25, 0.3) is 0 Å². The third-order valence-corrected chi connectivity index (χ3v) is 3.07. The Bertz CT molecular complexity index is 410. The first-order valence-corrected chi connectivity index (χ1v) is 6.41. The largest absolute Gasteiger partial charge is 0.356 e. The van der Waals surface area contributed by atoms with Crippen LogP contribution >= 0.6 is 11.8 Å². The van der Waals surface area contributed by atoms with Gasteiger partial charge < -0.3 is 5.32 Å². The van der Waals surface area contributed by atoms with Gasteiger partial charge in [0.2, 0.25) is 17.5 Å². The molecule has 0 saturated carbocycles. The molecule has 0 atom stereocenters. The van der Waals surface area contributed by atoms with Crippen LogP contribution in [0.5, 0.6) is 0 Å². The highest BCUT2D eigenvalue weighted by molar-refractivity contribution is 8.04. The van der Waals surface area contributed by atoms with Crippen molar-refractivity contribution in [1.29, 1.82) is 0 Å². The highest BCUT2D eigenvalue weighted by Gasteiger charge is 2.21. The van der Waals surface area contributed by atoms with E-state index in [0.717, 1.165) is 11.3 Å². The first-order chi connectivity index (χ1) is 8.04. The molecule has 0 unspecified atom stereocenters. The van der Waals surface area contributed by atoms with Gasteiger partial charge in [0.15, 0.2) is 0 Å². The molecule has 0 fully saturated rings. The van der Waals surface area contributed by atoms with Crippen LogP contribution in [0.2, 0.25) is 0 Å². The van der Waals surface area contributed by atoms with Crippen LogP contribution in [0.3, 0.4) is 0 Å². The molecule has 92 valence electrons. The average Bonchev–Trinajstić information content (AvgIpc) is 2.25. The van der Waals surface area contributed by atoms with Crippen LogP contribution in [-0.4, -0.2) is 29.8 Å². The lowest BCUT2D eigenvalue weighted by molar-refractivity contribution is -0.131. The molecule has 4 nitrogen and oxygen atoms in total. The molecule has 0 spiro atoms. The third kappa shape index (κ3) is 4.19. The fourth-order valence-electron chi connectivity index (χ4n) is 1.42. The Hall–Kier alpha value is -1.36. The van der Waals surface area contributed by atoms with Crippen molar-refractivity contribution < 1.29 is 14.4 Å². The summed E-state index contributed by atoms with van der Waals surface area (Å²) in [6, 6.07) is 0. The Morgan fingerprint density at radius 3 is 2.65 bits per heavy atom. The second-order valence-corrected chi connectivity index (χ2v) is 4.89. The topological polar surface area (TPSA) is 63.2 Å². The standard InChI is InChI=1S/C12H15NO3S/c1-3-17-11-7-9(4-5-13-8(2)14)6-10(15)12(11)16/h6-7H,3-5H2,1-2H3,(H,13,14). The van der Waals surface area contributed by atoms with Gasteiger partial charge in [-0.2, -0.15) is 0 Å². The van der Waals surface area contributed by atoms with E-state index in [1.165, 1.54) is 24.8 Å². The van der Waals surface area contributed by atoms with Gasteiger partial charge in [0.1, 0.15) is 0 Å². The van der Waals surface area contributed by atoms with E-state index in [9.17, 15) is 14.4 Å². The fraction of sp³-hybridized carbons (Fsp3) is 0.417. The van der Waals surface area contributed by atoms with Crippen molar-refractivity contribution in [3.63, 3.8) is 0 Å². The van der Waals surface area contributed by atoms with E-state index in [4.69, 9.17) is 0 Å². The lowest BCUT2D eigenvalue weighted by Gasteiger charge is -2.11. The Balaban J connectivity index is 2.66. The molecule has 1 aliphatic rings. The molecule has 17 heavy (non-hydrogen) atoms. The number of thioether (sulfide) groups is 1. The molecule has 0 aliphatic heterocycles. The molecule has 0 saturated heterocycles. The number of hydrogen-bond donors (Lipinski definition) is 1. The summed E-state index contributed by atoms with van der Waals surface area (Å²) in [5.74, 6) is -0.249. The lowest BCUT2D eigenvalue weighted by atomic mass is 10.0. The summed E-state index contributed by atoms with van der Waals surface area (Å²) in [7, 11) is 0. The number of hydrogen-bond acceptors (Lipinski definition) is 4. The summed E-state index contributed by atoms with van der Waals surface area (Å²) in [6.45, 7) is 3.85. The Kier molecular flexibility index (Phi) is 5.15. The second kappa shape index (κ2) is 6.39. The summed E-state index contributed by atoms with van der Waals surface area (Å²) in [5, 5.41) is 2.65. The van der Waals surface area contributed by atoms with E-state index >= 15 is 0 Å². The summed E-state index contributed by atoms with van der Waals surface area (Å²) in [6.07, 6.45) is 3.65. The minimum absolute atomic E-state index is 0.101. The van der Waals surface area contributed by atoms with E-state index in [1.807, 2.05) is 6.92 Å². The molecule has 0 aromatic rings. The Labute approximate surface area is 105 Å². The van der Waals surface area contributed by atoms with Gasteiger partial charge in [-0.1, -0.05) is 6.92 Å². The SMILES string of the molecule is CCSC1=CC(CCNC(C)=O)=CC(=O)C1=O. The third-order valence-electron chi connectivity index (χ3n) is 2.17. The maximum Gasteiger partial charge on any atom is 0.239 e. The monoisotopic (exact) mass is 253 g/mol. The van der Waals surface area contributed by atoms with E-state index < -0.39 is 11.6 Å². The molecule has 1 N–H and O–H groups in total. The van der Waals surface area contributed by atoms with E-state index in [1.54, 1.807) is 6.08 Å². The molecule has 0 bridgehead atoms. The molecule has 0 heterocycles. The molecule has 0 aromatic heterocycles. The number of amides is 1. The highest BCUT2D eigenvalue weighted by Crippen LogP contribution is 2.23. The van der Waals surface area contributed by atoms with Crippen LogP contribution in [0.4, 0.5) is 0 Å². The smallest absolute Gasteiger partial charge is 0.239 e. The molecule has 1 aliphatic carbocycles. The number of rotatable bonds is 5. The average molecular weight is 253 g/mol. The highest BCUT2D eigenvalue weighted by atomic mass is 32.2. The van der Waals surface area contributed by atoms with Gasteiger partial charge in [-0.3, -0.25) is 14.4 Å². The van der Waals surface area contributed by atoms with Crippen molar-refractivity contribution in [3.8, 4) is 0 Å². The number of carbonyl (C=O) groups excluding carboxylic acids is 3. The van der Waals surface area contributed by atoms with Crippen LogP contribution in [0.1, 0.15) is 20.3 Å². The quantitative estimate of drug-likeness (QED) is 0.591. The molecule has 1 amide bonds. The number of nitrogens with one attached hydrogen (secondary N) is 1. The van der Waals surface area contributed by atoms with Crippen molar-refractivity contribution in [2.45, 2.75) is 20.3 Å². The van der Waals surface area contributed by atoms with Gasteiger partial charge >= 0.3 is 0 Å². The van der Waals surface area contributed by atoms with Crippen LogP contribution < -0.4 is 5.32 Å². The number of Topliss-reactive ketones (excluding diaryl/α,β-unsaturated/α-hetero) is 1. The molecule has 5 heteroatoms. The van der Waals surface area contributed by atoms with Gasteiger partial charge in [-0.25, -0.2) is 0 Å². The fourth-order valence-corrected chi connectivity index (χ4v) is 2.20. The molecular formula is C12H15NO3S. The van der Waals surface area contributed by atoms with Gasteiger partial charge in [-0.15, -0.1) is 11.8 Å². The number of allylic oxidation sites excluding steroid dienone is 3. The number of ketones is 2. The maximum absolute atomic E-state index is 11.5. The van der Waals surface area contributed by atoms with Gasteiger partial charge in [0, 0.05) is 13.5 Å². The second-order valence-electron chi connectivity index (χ2n) is 3.59. The minimum Gasteiger partial charge on any atom is -0.356 e. The van der Waals surface area contributed by atoms with Crippen LogP contribution in [0.15, 0.2) is 22.6 Å². The van der Waals surface area contributed by atoms with Crippen LogP contribution in [0, 0.1) is 0 Å². The van der Waals surface area contributed by atoms with E-state index in [0.29, 0.717) is 17.9 Å². The zero-order chi connectivity index (χ0) is 12.8. The summed E-state index contributed by atoms with van der Waals surface area (Å²) >= 11 is 1.37. The predicted molar refractivity (Wildman–Crippen MR) is 67.6 cm³/mol. The van der Waals surface area contributed by atoms with Gasteiger partial charge in [0.05, 0.1) is 4.91 Å². The first kappa shape index (κ1) is 13.7. The first-order valence-electron chi connectivity index (χ1n) is 5.42. The maximum atomic E-state index is 11.5. The zero-order valence-corrected chi connectivity index (χ0v) is 10.7. The van der Waals surface area contributed by atoms with Crippen molar-refractivity contribution in [2.24, 2.45) is 0 Å².